The van der Waals surface area contributed by atoms with Gasteiger partial charge in [-0.05, 0) is 17.7 Å². The molecule has 0 bridgehead atoms. The van der Waals surface area contributed by atoms with Crippen LogP contribution in [0.1, 0.15) is 5.56 Å². The van der Waals surface area contributed by atoms with Crippen molar-refractivity contribution in [3.05, 3.63) is 33.8 Å². The summed E-state index contributed by atoms with van der Waals surface area (Å²) < 4.78 is 0. The summed E-state index contributed by atoms with van der Waals surface area (Å²) in [6, 6.07) is 5.52. The number of nitrogens with one attached hydrogen (secondary N) is 1. The predicted molar refractivity (Wildman–Crippen MR) is 68.1 cm³/mol. The number of benzene rings is 1. The van der Waals surface area contributed by atoms with Crippen LogP contribution in [0.5, 0.6) is 0 Å². The zero-order valence-electron chi connectivity index (χ0n) is 7.96. The Balaban J connectivity index is 1.98. The van der Waals surface area contributed by atoms with Crippen LogP contribution in [0.25, 0.3) is 0 Å². The minimum atomic E-state index is 0.663. The van der Waals surface area contributed by atoms with E-state index in [4.69, 9.17) is 23.2 Å². The molecule has 1 heterocycles. The minimum absolute atomic E-state index is 0.663. The van der Waals surface area contributed by atoms with Gasteiger partial charge in [-0.15, -0.1) is 0 Å². The summed E-state index contributed by atoms with van der Waals surface area (Å²) in [5.74, 6) is 1.07. The third-order valence-corrected chi connectivity index (χ3v) is 3.55. The molecule has 2 nitrogen and oxygen atoms in total. The van der Waals surface area contributed by atoms with Gasteiger partial charge < -0.3 is 5.32 Å². The lowest BCUT2D eigenvalue weighted by atomic mass is 10.2. The molecule has 1 aliphatic rings. The summed E-state index contributed by atoms with van der Waals surface area (Å²) >= 11 is 13.6. The van der Waals surface area contributed by atoms with Crippen molar-refractivity contribution in [2.45, 2.75) is 6.54 Å². The van der Waals surface area contributed by atoms with Crippen LogP contribution in [0.2, 0.25) is 10.0 Å². The first kappa shape index (κ1) is 11.1. The normalized spacial score (nSPS) is 15.2. The van der Waals surface area contributed by atoms with E-state index in [0.717, 1.165) is 23.0 Å². The number of aliphatic imine (C=N–C) groups is 1. The molecule has 0 amide bonds. The zero-order chi connectivity index (χ0) is 10.7. The number of hydrogen-bond donors (Lipinski definition) is 1. The number of nitrogens with zero attached hydrogens (tertiary/aromatic N) is 1. The van der Waals surface area contributed by atoms with E-state index in [1.165, 1.54) is 0 Å². The van der Waals surface area contributed by atoms with Crippen LogP contribution >= 0.6 is 35.0 Å². The quantitative estimate of drug-likeness (QED) is 0.884. The molecule has 0 aromatic heterocycles. The molecule has 0 radical (unpaired) electrons. The minimum Gasteiger partial charge on any atom is -0.361 e. The highest BCUT2D eigenvalue weighted by Crippen LogP contribution is 2.21. The molecule has 1 aromatic carbocycles. The Morgan fingerprint density at radius 3 is 2.93 bits per heavy atom. The van der Waals surface area contributed by atoms with E-state index in [2.05, 4.69) is 10.3 Å². The molecule has 0 saturated heterocycles. The lowest BCUT2D eigenvalue weighted by Crippen LogP contribution is -2.18. The van der Waals surface area contributed by atoms with Gasteiger partial charge in [0.25, 0.3) is 0 Å². The first-order valence-electron chi connectivity index (χ1n) is 4.61. The third kappa shape index (κ3) is 3.03. The van der Waals surface area contributed by atoms with Crippen molar-refractivity contribution in [1.82, 2.24) is 5.32 Å². The molecule has 0 atom stereocenters. The smallest absolute Gasteiger partial charge is 0.156 e. The average molecular weight is 261 g/mol. The SMILES string of the molecule is Clc1ccc(CNC2=NCCS2)c(Cl)c1. The Kier molecular flexibility index (Phi) is 3.78. The second-order valence-electron chi connectivity index (χ2n) is 3.12. The van der Waals surface area contributed by atoms with E-state index in [1.807, 2.05) is 12.1 Å². The lowest BCUT2D eigenvalue weighted by Gasteiger charge is -2.07. The average Bonchev–Trinajstić information content (AvgIpc) is 2.69. The molecule has 1 aliphatic heterocycles. The molecule has 0 unspecified atom stereocenters. The number of thioether (sulfide) groups is 1. The van der Waals surface area contributed by atoms with Crippen molar-refractivity contribution in [3.63, 3.8) is 0 Å². The fourth-order valence-corrected chi connectivity index (χ4v) is 2.49. The molecule has 5 heteroatoms. The molecule has 2 rings (SSSR count). The van der Waals surface area contributed by atoms with Crippen molar-refractivity contribution in [1.29, 1.82) is 0 Å². The first-order chi connectivity index (χ1) is 7.25. The van der Waals surface area contributed by atoms with Gasteiger partial charge in [-0.1, -0.05) is 41.0 Å². The van der Waals surface area contributed by atoms with Crippen molar-refractivity contribution in [3.8, 4) is 0 Å². The third-order valence-electron chi connectivity index (χ3n) is 2.03. The second kappa shape index (κ2) is 5.10. The van der Waals surface area contributed by atoms with Crippen molar-refractivity contribution >= 4 is 40.1 Å². The number of hydrogen-bond acceptors (Lipinski definition) is 3. The van der Waals surface area contributed by atoms with Crippen LogP contribution in [0.3, 0.4) is 0 Å². The van der Waals surface area contributed by atoms with E-state index < -0.39 is 0 Å². The monoisotopic (exact) mass is 260 g/mol. The fraction of sp³-hybridized carbons (Fsp3) is 0.300. The summed E-state index contributed by atoms with van der Waals surface area (Å²) in [6.07, 6.45) is 0. The highest BCUT2D eigenvalue weighted by molar-refractivity contribution is 8.14. The molecule has 0 spiro atoms. The summed E-state index contributed by atoms with van der Waals surface area (Å²) in [5, 5.41) is 5.60. The van der Waals surface area contributed by atoms with Gasteiger partial charge in [-0.25, -0.2) is 0 Å². The first-order valence-corrected chi connectivity index (χ1v) is 6.35. The molecule has 0 saturated carbocycles. The van der Waals surface area contributed by atoms with Crippen LogP contribution in [0.15, 0.2) is 23.2 Å². The predicted octanol–water partition coefficient (Wildman–Crippen LogP) is 3.19. The molecular formula is C10H10Cl2N2S. The molecule has 80 valence electrons. The molecule has 1 N–H and O–H groups in total. The van der Waals surface area contributed by atoms with E-state index in [9.17, 15) is 0 Å². The summed E-state index contributed by atoms with van der Waals surface area (Å²) in [4.78, 5) is 4.30. The maximum atomic E-state index is 6.04. The number of amidine groups is 1. The number of rotatable bonds is 2. The standard InChI is InChI=1S/C10H10Cl2N2S/c11-8-2-1-7(9(12)5-8)6-14-10-13-3-4-15-10/h1-2,5H,3-4,6H2,(H,13,14). The molecule has 0 aliphatic carbocycles. The van der Waals surface area contributed by atoms with Gasteiger partial charge in [0.05, 0.1) is 6.54 Å². The molecule has 15 heavy (non-hydrogen) atoms. The van der Waals surface area contributed by atoms with E-state index in [0.29, 0.717) is 16.6 Å². The summed E-state index contributed by atoms with van der Waals surface area (Å²) in [7, 11) is 0. The second-order valence-corrected chi connectivity index (χ2v) is 5.05. The molecular weight excluding hydrogens is 251 g/mol. The Labute approximate surface area is 103 Å². The fourth-order valence-electron chi connectivity index (χ4n) is 1.28. The number of halogens is 2. The van der Waals surface area contributed by atoms with E-state index >= 15 is 0 Å². The van der Waals surface area contributed by atoms with E-state index in [1.54, 1.807) is 17.8 Å². The van der Waals surface area contributed by atoms with Crippen LogP contribution in [0, 0.1) is 0 Å². The van der Waals surface area contributed by atoms with E-state index in [-0.39, 0.29) is 0 Å². The summed E-state index contributed by atoms with van der Waals surface area (Å²) in [6.45, 7) is 1.60. The Bertz CT molecular complexity index is 393. The highest BCUT2D eigenvalue weighted by atomic mass is 35.5. The lowest BCUT2D eigenvalue weighted by molar-refractivity contribution is 0.923. The van der Waals surface area contributed by atoms with Crippen molar-refractivity contribution in [2.24, 2.45) is 4.99 Å². The Morgan fingerprint density at radius 1 is 1.40 bits per heavy atom. The zero-order valence-corrected chi connectivity index (χ0v) is 10.3. The maximum Gasteiger partial charge on any atom is 0.156 e. The Morgan fingerprint density at radius 2 is 2.27 bits per heavy atom. The van der Waals surface area contributed by atoms with Crippen LogP contribution in [-0.2, 0) is 6.54 Å². The molecule has 0 fully saturated rings. The largest absolute Gasteiger partial charge is 0.361 e. The van der Waals surface area contributed by atoms with Gasteiger partial charge in [0.2, 0.25) is 0 Å². The maximum absolute atomic E-state index is 6.04. The molecule has 1 aromatic rings. The van der Waals surface area contributed by atoms with Crippen molar-refractivity contribution < 1.29 is 0 Å². The Hall–Kier alpha value is -0.380. The summed E-state index contributed by atoms with van der Waals surface area (Å²) in [5.41, 5.74) is 1.04. The highest BCUT2D eigenvalue weighted by Gasteiger charge is 2.07. The van der Waals surface area contributed by atoms with Gasteiger partial charge in [-0.3, -0.25) is 4.99 Å². The van der Waals surface area contributed by atoms with Crippen LogP contribution in [0.4, 0.5) is 0 Å². The van der Waals surface area contributed by atoms with Gasteiger partial charge in [0.1, 0.15) is 0 Å². The van der Waals surface area contributed by atoms with Gasteiger partial charge in [0, 0.05) is 22.3 Å². The van der Waals surface area contributed by atoms with Gasteiger partial charge in [-0.2, -0.15) is 0 Å². The van der Waals surface area contributed by atoms with Crippen LogP contribution in [-0.4, -0.2) is 17.5 Å². The van der Waals surface area contributed by atoms with Gasteiger partial charge in [0.15, 0.2) is 5.17 Å². The van der Waals surface area contributed by atoms with Crippen molar-refractivity contribution in [2.75, 3.05) is 12.3 Å². The topological polar surface area (TPSA) is 24.4 Å². The van der Waals surface area contributed by atoms with Gasteiger partial charge >= 0.3 is 0 Å². The van der Waals surface area contributed by atoms with Crippen LogP contribution < -0.4 is 5.32 Å².